The third kappa shape index (κ3) is 2.27. The van der Waals surface area contributed by atoms with Crippen molar-refractivity contribution in [3.05, 3.63) is 40.3 Å². The molecule has 0 atom stereocenters. The molecule has 5 heteroatoms. The van der Waals surface area contributed by atoms with E-state index >= 15 is 0 Å². The lowest BCUT2D eigenvalue weighted by Crippen LogP contribution is -2.29. The van der Waals surface area contributed by atoms with E-state index in [1.807, 2.05) is 19.9 Å². The molecule has 0 saturated carbocycles. The summed E-state index contributed by atoms with van der Waals surface area (Å²) in [4.78, 5) is 12.8. The van der Waals surface area contributed by atoms with Crippen LogP contribution in [-0.2, 0) is 6.54 Å². The predicted molar refractivity (Wildman–Crippen MR) is 93.1 cm³/mol. The van der Waals surface area contributed by atoms with Gasteiger partial charge in [0, 0.05) is 23.5 Å². The highest BCUT2D eigenvalue weighted by Crippen LogP contribution is 2.26. The molecule has 0 spiro atoms. The Labute approximate surface area is 134 Å². The van der Waals surface area contributed by atoms with Gasteiger partial charge in [0.25, 0.3) is 5.56 Å². The van der Waals surface area contributed by atoms with Gasteiger partial charge in [0.15, 0.2) is 5.65 Å². The van der Waals surface area contributed by atoms with E-state index in [1.165, 1.54) is 0 Å². The zero-order valence-electron chi connectivity index (χ0n) is 13.7. The molecular formula is C18H22N4O. The van der Waals surface area contributed by atoms with Crippen LogP contribution >= 0.6 is 0 Å². The van der Waals surface area contributed by atoms with Crippen LogP contribution in [0.1, 0.15) is 31.4 Å². The highest BCUT2D eigenvalue weighted by Gasteiger charge is 2.19. The zero-order chi connectivity index (χ0) is 16.0. The Kier molecular flexibility index (Phi) is 3.45. The number of aromatic nitrogens is 3. The number of pyridine rings is 1. The normalized spacial score (nSPS) is 16.4. The number of hydrogen-bond donors (Lipinski definition) is 1. The maximum atomic E-state index is 12.8. The molecule has 0 bridgehead atoms. The molecule has 3 heterocycles. The predicted octanol–water partition coefficient (Wildman–Crippen LogP) is 2.60. The van der Waals surface area contributed by atoms with Crippen molar-refractivity contribution in [3.63, 3.8) is 0 Å². The molecule has 0 unspecified atom stereocenters. The minimum absolute atomic E-state index is 0.0641. The minimum atomic E-state index is 0.0641. The first-order valence-corrected chi connectivity index (χ1v) is 8.41. The van der Waals surface area contributed by atoms with Gasteiger partial charge in [-0.3, -0.25) is 14.0 Å². The molecule has 1 aliphatic rings. The summed E-state index contributed by atoms with van der Waals surface area (Å²) >= 11 is 0. The molecule has 1 saturated heterocycles. The second-order valence-corrected chi connectivity index (χ2v) is 6.43. The molecule has 4 rings (SSSR count). The van der Waals surface area contributed by atoms with E-state index in [1.54, 1.807) is 4.57 Å². The zero-order valence-corrected chi connectivity index (χ0v) is 13.7. The molecular weight excluding hydrogens is 288 g/mol. The summed E-state index contributed by atoms with van der Waals surface area (Å²) in [5.41, 5.74) is 1.99. The lowest BCUT2D eigenvalue weighted by Gasteiger charge is -2.22. The number of nitrogens with one attached hydrogen (secondary N) is 1. The van der Waals surface area contributed by atoms with Gasteiger partial charge in [-0.1, -0.05) is 17.7 Å². The van der Waals surface area contributed by atoms with Crippen LogP contribution in [0.4, 0.5) is 0 Å². The Morgan fingerprint density at radius 2 is 2.00 bits per heavy atom. The number of rotatable bonds is 2. The molecule has 1 aromatic carbocycles. The smallest absolute Gasteiger partial charge is 0.260 e. The highest BCUT2D eigenvalue weighted by molar-refractivity contribution is 6.04. The molecule has 0 aliphatic carbocycles. The summed E-state index contributed by atoms with van der Waals surface area (Å²) in [5, 5.41) is 11.1. The maximum absolute atomic E-state index is 12.8. The summed E-state index contributed by atoms with van der Waals surface area (Å²) < 4.78 is 3.88. The van der Waals surface area contributed by atoms with E-state index in [0.717, 1.165) is 53.3 Å². The van der Waals surface area contributed by atoms with Gasteiger partial charge in [0.05, 0.1) is 6.04 Å². The van der Waals surface area contributed by atoms with Crippen molar-refractivity contribution < 1.29 is 0 Å². The van der Waals surface area contributed by atoms with Crippen LogP contribution in [0.2, 0.25) is 0 Å². The summed E-state index contributed by atoms with van der Waals surface area (Å²) in [6.45, 7) is 6.73. The van der Waals surface area contributed by atoms with Crippen LogP contribution in [0.5, 0.6) is 0 Å². The molecule has 3 aromatic rings. The van der Waals surface area contributed by atoms with Crippen LogP contribution in [0.3, 0.4) is 0 Å². The van der Waals surface area contributed by atoms with Crippen molar-refractivity contribution in [3.8, 4) is 0 Å². The third-order valence-corrected chi connectivity index (χ3v) is 4.91. The van der Waals surface area contributed by atoms with Crippen LogP contribution in [0.25, 0.3) is 21.8 Å². The molecule has 23 heavy (non-hydrogen) atoms. The second-order valence-electron chi connectivity index (χ2n) is 6.43. The standard InChI is InChI=1S/C18H22N4O/c1-3-21-17-16(11-22(20-17)13-6-8-19-9-7-13)14-5-4-12(2)10-15(14)18(21)23/h4-5,10-11,13,19H,3,6-9H2,1-2H3. The van der Waals surface area contributed by atoms with E-state index in [4.69, 9.17) is 5.10 Å². The fourth-order valence-corrected chi connectivity index (χ4v) is 3.63. The topological polar surface area (TPSA) is 51.9 Å². The number of piperidine rings is 1. The lowest BCUT2D eigenvalue weighted by molar-refractivity contribution is 0.344. The number of fused-ring (bicyclic) bond motifs is 3. The van der Waals surface area contributed by atoms with E-state index < -0.39 is 0 Å². The van der Waals surface area contributed by atoms with Crippen molar-refractivity contribution >= 4 is 21.8 Å². The first-order chi connectivity index (χ1) is 11.2. The van der Waals surface area contributed by atoms with Crippen LogP contribution in [-0.4, -0.2) is 27.4 Å². The van der Waals surface area contributed by atoms with Gasteiger partial charge in [0.1, 0.15) is 0 Å². The summed E-state index contributed by atoms with van der Waals surface area (Å²) in [6.07, 6.45) is 4.30. The molecule has 120 valence electrons. The van der Waals surface area contributed by atoms with Gasteiger partial charge in [-0.25, -0.2) is 0 Å². The summed E-state index contributed by atoms with van der Waals surface area (Å²) in [6, 6.07) is 6.54. The van der Waals surface area contributed by atoms with Crippen molar-refractivity contribution in [2.45, 2.75) is 39.3 Å². The van der Waals surface area contributed by atoms with Crippen molar-refractivity contribution in [2.24, 2.45) is 0 Å². The Morgan fingerprint density at radius 3 is 2.74 bits per heavy atom. The van der Waals surface area contributed by atoms with Gasteiger partial charge in [0.2, 0.25) is 0 Å². The summed E-state index contributed by atoms with van der Waals surface area (Å²) in [7, 11) is 0. The van der Waals surface area contributed by atoms with Crippen molar-refractivity contribution in [1.29, 1.82) is 0 Å². The molecule has 2 aromatic heterocycles. The average molecular weight is 310 g/mol. The lowest BCUT2D eigenvalue weighted by atomic mass is 10.1. The highest BCUT2D eigenvalue weighted by atomic mass is 16.1. The van der Waals surface area contributed by atoms with Gasteiger partial charge in [-0.2, -0.15) is 5.10 Å². The number of nitrogens with zero attached hydrogens (tertiary/aromatic N) is 3. The Bertz CT molecular complexity index is 931. The number of aryl methyl sites for hydroxylation is 2. The van der Waals surface area contributed by atoms with E-state index in [0.29, 0.717) is 12.6 Å². The first kappa shape index (κ1) is 14.5. The molecule has 1 N–H and O–H groups in total. The Hall–Kier alpha value is -2.14. The van der Waals surface area contributed by atoms with Gasteiger partial charge >= 0.3 is 0 Å². The van der Waals surface area contributed by atoms with E-state index in [2.05, 4.69) is 28.3 Å². The SMILES string of the molecule is CCn1c(=O)c2cc(C)ccc2c2cn(C3CCNCC3)nc21. The average Bonchev–Trinajstić information content (AvgIpc) is 3.01. The van der Waals surface area contributed by atoms with Gasteiger partial charge < -0.3 is 5.32 Å². The van der Waals surface area contributed by atoms with E-state index in [9.17, 15) is 4.79 Å². The largest absolute Gasteiger partial charge is 0.317 e. The Morgan fingerprint density at radius 1 is 1.22 bits per heavy atom. The second kappa shape index (κ2) is 5.49. The van der Waals surface area contributed by atoms with Crippen molar-refractivity contribution in [1.82, 2.24) is 19.7 Å². The van der Waals surface area contributed by atoms with Gasteiger partial charge in [-0.05, 0) is 51.2 Å². The maximum Gasteiger partial charge on any atom is 0.260 e. The minimum Gasteiger partial charge on any atom is -0.317 e. The van der Waals surface area contributed by atoms with Crippen LogP contribution in [0.15, 0.2) is 29.2 Å². The fourth-order valence-electron chi connectivity index (χ4n) is 3.63. The van der Waals surface area contributed by atoms with Crippen LogP contribution < -0.4 is 10.9 Å². The quantitative estimate of drug-likeness (QED) is 0.791. The monoisotopic (exact) mass is 310 g/mol. The molecule has 0 amide bonds. The molecule has 1 aliphatic heterocycles. The third-order valence-electron chi connectivity index (χ3n) is 4.91. The fraction of sp³-hybridized carbons (Fsp3) is 0.444. The summed E-state index contributed by atoms with van der Waals surface area (Å²) in [5.74, 6) is 0. The number of benzene rings is 1. The molecule has 1 fully saturated rings. The first-order valence-electron chi connectivity index (χ1n) is 8.41. The molecule has 5 nitrogen and oxygen atoms in total. The van der Waals surface area contributed by atoms with E-state index in [-0.39, 0.29) is 5.56 Å². The van der Waals surface area contributed by atoms with Gasteiger partial charge in [-0.15, -0.1) is 0 Å². The number of hydrogen-bond acceptors (Lipinski definition) is 3. The van der Waals surface area contributed by atoms with Crippen LogP contribution in [0, 0.1) is 6.92 Å². The van der Waals surface area contributed by atoms with Crippen molar-refractivity contribution in [2.75, 3.05) is 13.1 Å². The Balaban J connectivity index is 2.01. The molecule has 0 radical (unpaired) electrons.